The van der Waals surface area contributed by atoms with Crippen molar-refractivity contribution in [3.63, 3.8) is 0 Å². The molecule has 1 unspecified atom stereocenters. The van der Waals surface area contributed by atoms with Gasteiger partial charge in [0.25, 0.3) is 5.91 Å². The molecule has 2 heterocycles. The molecule has 4 rings (SSSR count). The van der Waals surface area contributed by atoms with E-state index in [0.717, 1.165) is 26.7 Å². The molecule has 0 aliphatic carbocycles. The van der Waals surface area contributed by atoms with Crippen LogP contribution in [0.5, 0.6) is 0 Å². The van der Waals surface area contributed by atoms with Crippen LogP contribution in [0.25, 0.3) is 31.4 Å². The van der Waals surface area contributed by atoms with Gasteiger partial charge in [-0.1, -0.05) is 18.2 Å². The number of aromatic amines is 1. The molecular formula is C20H21N7OS. The number of H-pyrrole nitrogens is 1. The van der Waals surface area contributed by atoms with E-state index in [1.54, 1.807) is 30.5 Å². The summed E-state index contributed by atoms with van der Waals surface area (Å²) >= 11 is 1.67. The molecular weight excluding hydrogens is 386 g/mol. The van der Waals surface area contributed by atoms with Crippen LogP contribution in [-0.4, -0.2) is 34.3 Å². The van der Waals surface area contributed by atoms with E-state index in [1.165, 1.54) is 4.70 Å². The van der Waals surface area contributed by atoms with E-state index in [0.29, 0.717) is 5.56 Å². The third kappa shape index (κ3) is 3.91. The fourth-order valence-corrected chi connectivity index (χ4v) is 4.28. The van der Waals surface area contributed by atoms with Gasteiger partial charge in [-0.3, -0.25) is 9.89 Å². The predicted molar refractivity (Wildman–Crippen MR) is 118 cm³/mol. The maximum atomic E-state index is 12.8. The number of nitrogens with one attached hydrogen (secondary N) is 2. The van der Waals surface area contributed by atoms with E-state index in [4.69, 9.17) is 17.2 Å². The molecule has 2 aromatic heterocycles. The van der Waals surface area contributed by atoms with Crippen LogP contribution in [0.3, 0.4) is 0 Å². The minimum atomic E-state index is -1.09. The Bertz CT molecular complexity index is 1200. The molecule has 29 heavy (non-hydrogen) atoms. The summed E-state index contributed by atoms with van der Waals surface area (Å²) in [5.41, 5.74) is 18.0. The lowest BCUT2D eigenvalue weighted by Gasteiger charge is -2.20. The molecule has 0 bridgehead atoms. The zero-order chi connectivity index (χ0) is 20.6. The molecule has 8 N–H and O–H groups in total. The second-order valence-electron chi connectivity index (χ2n) is 7.08. The first-order chi connectivity index (χ1) is 13.8. The van der Waals surface area contributed by atoms with Crippen molar-refractivity contribution >= 4 is 44.2 Å². The van der Waals surface area contributed by atoms with Crippen molar-refractivity contribution in [1.29, 1.82) is 0 Å². The number of nitrogens with zero attached hydrogens (tertiary/aromatic N) is 2. The lowest BCUT2D eigenvalue weighted by molar-refractivity contribution is 0.0945. The number of hydrogen-bond acceptors (Lipinski definition) is 5. The van der Waals surface area contributed by atoms with Crippen molar-refractivity contribution in [1.82, 2.24) is 15.5 Å². The first-order valence-electron chi connectivity index (χ1n) is 8.96. The van der Waals surface area contributed by atoms with Crippen molar-refractivity contribution in [3.05, 3.63) is 54.2 Å². The minimum Gasteiger partial charge on any atom is -0.370 e. The van der Waals surface area contributed by atoms with Crippen LogP contribution >= 0.6 is 11.3 Å². The van der Waals surface area contributed by atoms with Crippen molar-refractivity contribution < 1.29 is 4.79 Å². The average molecular weight is 408 g/mol. The number of amides is 1. The van der Waals surface area contributed by atoms with E-state index in [2.05, 4.69) is 38.7 Å². The first-order valence-corrected chi connectivity index (χ1v) is 9.78. The number of thiophene rings is 1. The first kappa shape index (κ1) is 18.9. The number of rotatable bonds is 5. The average Bonchev–Trinajstić information content (AvgIpc) is 3.30. The van der Waals surface area contributed by atoms with E-state index < -0.39 is 5.66 Å². The monoisotopic (exact) mass is 407 g/mol. The Morgan fingerprint density at radius 1 is 1.24 bits per heavy atom. The van der Waals surface area contributed by atoms with Crippen LogP contribution in [0.4, 0.5) is 0 Å². The Morgan fingerprint density at radius 3 is 2.79 bits per heavy atom. The van der Waals surface area contributed by atoms with Gasteiger partial charge in [-0.15, -0.1) is 11.3 Å². The third-order valence-electron chi connectivity index (χ3n) is 4.49. The second-order valence-corrected chi connectivity index (χ2v) is 8.17. The number of hydrogen-bond donors (Lipinski definition) is 5. The van der Waals surface area contributed by atoms with Gasteiger partial charge in [-0.05, 0) is 36.6 Å². The number of benzene rings is 2. The highest BCUT2D eigenvalue weighted by Gasteiger charge is 2.20. The van der Waals surface area contributed by atoms with E-state index in [-0.39, 0.29) is 18.4 Å². The molecule has 0 spiro atoms. The van der Waals surface area contributed by atoms with E-state index >= 15 is 0 Å². The number of aromatic nitrogens is 2. The summed E-state index contributed by atoms with van der Waals surface area (Å²) in [6.07, 6.45) is 1.70. The van der Waals surface area contributed by atoms with Crippen molar-refractivity contribution in [2.75, 3.05) is 6.54 Å². The Morgan fingerprint density at radius 2 is 2.03 bits per heavy atom. The van der Waals surface area contributed by atoms with Gasteiger partial charge in [0.05, 0.1) is 18.3 Å². The summed E-state index contributed by atoms with van der Waals surface area (Å²) in [5, 5.41) is 12.0. The highest BCUT2D eigenvalue weighted by molar-refractivity contribution is 7.22. The lowest BCUT2D eigenvalue weighted by atomic mass is 10.0. The molecule has 0 fully saturated rings. The Labute approximate surface area is 170 Å². The Kier molecular flexibility index (Phi) is 4.69. The quantitative estimate of drug-likeness (QED) is 0.254. The maximum absolute atomic E-state index is 12.8. The SMILES string of the molecule is CC(N)(CNC(=O)c1cc(-c2cc3ccccc3s2)c2[nH]ncc2c1)N=C(N)N. The number of aliphatic imine (C=N–C) groups is 1. The molecule has 0 aliphatic rings. The third-order valence-corrected chi connectivity index (χ3v) is 5.64. The molecule has 1 amide bonds. The van der Waals surface area contributed by atoms with Crippen molar-refractivity contribution in [2.45, 2.75) is 12.6 Å². The van der Waals surface area contributed by atoms with Crippen molar-refractivity contribution in [2.24, 2.45) is 22.2 Å². The zero-order valence-electron chi connectivity index (χ0n) is 15.8. The van der Waals surface area contributed by atoms with Crippen LogP contribution in [0, 0.1) is 0 Å². The molecule has 0 saturated heterocycles. The summed E-state index contributed by atoms with van der Waals surface area (Å²) in [6, 6.07) is 13.9. The van der Waals surface area contributed by atoms with Crippen molar-refractivity contribution in [3.8, 4) is 10.4 Å². The number of carbonyl (C=O) groups is 1. The Hall–Kier alpha value is -3.43. The van der Waals surface area contributed by atoms with E-state index in [1.807, 2.05) is 18.2 Å². The minimum absolute atomic E-state index is 0.0887. The summed E-state index contributed by atoms with van der Waals surface area (Å²) < 4.78 is 1.18. The molecule has 0 aliphatic heterocycles. The number of nitrogens with two attached hydrogens (primary N) is 3. The lowest BCUT2D eigenvalue weighted by Crippen LogP contribution is -2.48. The molecule has 0 radical (unpaired) electrons. The van der Waals surface area contributed by atoms with Crippen LogP contribution in [-0.2, 0) is 0 Å². The molecule has 9 heteroatoms. The molecule has 0 saturated carbocycles. The Balaban J connectivity index is 1.69. The predicted octanol–water partition coefficient (Wildman–Crippen LogP) is 2.12. The van der Waals surface area contributed by atoms with Gasteiger partial charge in [0, 0.05) is 26.1 Å². The highest BCUT2D eigenvalue weighted by atomic mass is 32.1. The van der Waals surface area contributed by atoms with E-state index in [9.17, 15) is 4.79 Å². The van der Waals surface area contributed by atoms with Gasteiger partial charge in [0.15, 0.2) is 5.96 Å². The van der Waals surface area contributed by atoms with Crippen LogP contribution in [0.15, 0.2) is 53.7 Å². The number of fused-ring (bicyclic) bond motifs is 2. The van der Waals surface area contributed by atoms with Crippen LogP contribution < -0.4 is 22.5 Å². The van der Waals surface area contributed by atoms with Gasteiger partial charge in [0.1, 0.15) is 5.66 Å². The topological polar surface area (TPSA) is 148 Å². The summed E-state index contributed by atoms with van der Waals surface area (Å²) in [4.78, 5) is 17.8. The summed E-state index contributed by atoms with van der Waals surface area (Å²) in [5.74, 6) is -0.394. The summed E-state index contributed by atoms with van der Waals surface area (Å²) in [6.45, 7) is 1.72. The molecule has 4 aromatic rings. The maximum Gasteiger partial charge on any atom is 0.251 e. The fourth-order valence-electron chi connectivity index (χ4n) is 3.19. The smallest absolute Gasteiger partial charge is 0.251 e. The highest BCUT2D eigenvalue weighted by Crippen LogP contribution is 2.37. The molecule has 8 nitrogen and oxygen atoms in total. The van der Waals surface area contributed by atoms with Crippen LogP contribution in [0.1, 0.15) is 17.3 Å². The fraction of sp³-hybridized carbons (Fsp3) is 0.150. The zero-order valence-corrected chi connectivity index (χ0v) is 16.6. The van der Waals surface area contributed by atoms with Gasteiger partial charge >= 0.3 is 0 Å². The second kappa shape index (κ2) is 7.19. The standard InChI is InChI=1S/C20H21N7OS/c1-20(23,26-19(21)22)10-24-18(28)12-6-13-9-25-27-17(13)14(7-12)16-8-11-4-2-3-5-15(11)29-16/h2-9H,10,23H2,1H3,(H,24,28)(H,25,27)(H4,21,22,26). The van der Waals surface area contributed by atoms with Gasteiger partial charge in [-0.2, -0.15) is 5.10 Å². The normalized spacial score (nSPS) is 13.3. The van der Waals surface area contributed by atoms with Gasteiger partial charge in [-0.25, -0.2) is 4.99 Å². The molecule has 1 atom stereocenters. The van der Waals surface area contributed by atoms with Gasteiger partial charge in [0.2, 0.25) is 0 Å². The largest absolute Gasteiger partial charge is 0.370 e. The summed E-state index contributed by atoms with van der Waals surface area (Å²) in [7, 11) is 0. The molecule has 148 valence electrons. The van der Waals surface area contributed by atoms with Crippen LogP contribution in [0.2, 0.25) is 0 Å². The van der Waals surface area contributed by atoms with Gasteiger partial charge < -0.3 is 22.5 Å². The number of carbonyl (C=O) groups excluding carboxylic acids is 1. The number of guanidine groups is 1. The molecule has 2 aromatic carbocycles.